The summed E-state index contributed by atoms with van der Waals surface area (Å²) in [5.74, 6) is -0.281. The molecular formula is C19H24N2O3S. The van der Waals surface area contributed by atoms with Crippen molar-refractivity contribution < 1.29 is 13.2 Å². The summed E-state index contributed by atoms with van der Waals surface area (Å²) < 4.78 is 28.1. The van der Waals surface area contributed by atoms with Crippen LogP contribution in [-0.2, 0) is 10.0 Å². The van der Waals surface area contributed by atoms with Gasteiger partial charge in [0.15, 0.2) is 0 Å². The Balaban J connectivity index is 2.39. The van der Waals surface area contributed by atoms with Gasteiger partial charge in [0.2, 0.25) is 0 Å². The number of hydrogen-bond donors (Lipinski definition) is 2. The first-order valence-corrected chi connectivity index (χ1v) is 9.60. The van der Waals surface area contributed by atoms with Crippen LogP contribution in [0.3, 0.4) is 0 Å². The molecule has 6 heteroatoms. The number of anilines is 1. The Morgan fingerprint density at radius 2 is 1.60 bits per heavy atom. The molecule has 0 spiro atoms. The third kappa shape index (κ3) is 4.60. The number of hydrogen-bond acceptors (Lipinski definition) is 3. The molecule has 0 aliphatic heterocycles. The lowest BCUT2D eigenvalue weighted by molar-refractivity contribution is 0.0942. The van der Waals surface area contributed by atoms with Crippen molar-refractivity contribution in [3.8, 4) is 0 Å². The fourth-order valence-corrected chi connectivity index (χ4v) is 3.55. The van der Waals surface area contributed by atoms with Gasteiger partial charge >= 0.3 is 0 Å². The van der Waals surface area contributed by atoms with Gasteiger partial charge in [0.25, 0.3) is 15.9 Å². The first-order chi connectivity index (χ1) is 11.6. The number of aryl methyl sites for hydroxylation is 3. The van der Waals surface area contributed by atoms with Gasteiger partial charge in [-0.2, -0.15) is 0 Å². The molecule has 134 valence electrons. The zero-order valence-electron chi connectivity index (χ0n) is 15.2. The standard InChI is InChI=1S/C19H24N2O3S/c1-12(2)20-19(22)17-11-16(9-8-14(17)4)25(23,24)21-18-10-13(3)6-7-15(18)5/h6-12,21H,1-5H3,(H,20,22). The predicted molar refractivity (Wildman–Crippen MR) is 101 cm³/mol. The van der Waals surface area contributed by atoms with E-state index in [1.165, 1.54) is 12.1 Å². The van der Waals surface area contributed by atoms with Crippen LogP contribution in [0.2, 0.25) is 0 Å². The molecule has 0 radical (unpaired) electrons. The van der Waals surface area contributed by atoms with Crippen LogP contribution in [0.1, 0.15) is 40.9 Å². The highest BCUT2D eigenvalue weighted by Gasteiger charge is 2.19. The molecular weight excluding hydrogens is 336 g/mol. The molecule has 0 unspecified atom stereocenters. The molecule has 25 heavy (non-hydrogen) atoms. The van der Waals surface area contributed by atoms with E-state index in [1.54, 1.807) is 19.1 Å². The fourth-order valence-electron chi connectivity index (χ4n) is 2.40. The molecule has 1 amide bonds. The minimum atomic E-state index is -3.78. The Labute approximate surface area is 149 Å². The van der Waals surface area contributed by atoms with E-state index in [2.05, 4.69) is 10.0 Å². The highest BCUT2D eigenvalue weighted by atomic mass is 32.2. The molecule has 2 rings (SSSR count). The van der Waals surface area contributed by atoms with E-state index in [-0.39, 0.29) is 16.8 Å². The lowest BCUT2D eigenvalue weighted by atomic mass is 10.1. The second kappa shape index (κ2) is 7.27. The number of nitrogens with one attached hydrogen (secondary N) is 2. The number of carbonyl (C=O) groups is 1. The van der Waals surface area contributed by atoms with Crippen molar-refractivity contribution in [1.82, 2.24) is 5.32 Å². The van der Waals surface area contributed by atoms with Crippen LogP contribution in [0.5, 0.6) is 0 Å². The summed E-state index contributed by atoms with van der Waals surface area (Å²) in [6, 6.07) is 10.1. The number of carbonyl (C=O) groups excluding carboxylic acids is 1. The normalized spacial score (nSPS) is 11.4. The van der Waals surface area contributed by atoms with Crippen molar-refractivity contribution in [2.75, 3.05) is 4.72 Å². The molecule has 0 aromatic heterocycles. The van der Waals surface area contributed by atoms with Crippen LogP contribution >= 0.6 is 0 Å². The molecule has 0 heterocycles. The quantitative estimate of drug-likeness (QED) is 0.856. The average Bonchev–Trinajstić information content (AvgIpc) is 2.50. The molecule has 5 nitrogen and oxygen atoms in total. The predicted octanol–water partition coefficient (Wildman–Crippen LogP) is 3.55. The van der Waals surface area contributed by atoms with Gasteiger partial charge < -0.3 is 5.32 Å². The maximum Gasteiger partial charge on any atom is 0.261 e. The lowest BCUT2D eigenvalue weighted by Crippen LogP contribution is -2.30. The summed E-state index contributed by atoms with van der Waals surface area (Å²) >= 11 is 0. The highest BCUT2D eigenvalue weighted by Crippen LogP contribution is 2.22. The second-order valence-electron chi connectivity index (χ2n) is 6.53. The van der Waals surface area contributed by atoms with Crippen molar-refractivity contribution in [2.24, 2.45) is 0 Å². The monoisotopic (exact) mass is 360 g/mol. The van der Waals surface area contributed by atoms with E-state index >= 15 is 0 Å². The summed E-state index contributed by atoms with van der Waals surface area (Å²) in [7, 11) is -3.78. The van der Waals surface area contributed by atoms with Crippen LogP contribution < -0.4 is 10.0 Å². The van der Waals surface area contributed by atoms with E-state index < -0.39 is 10.0 Å². The van der Waals surface area contributed by atoms with E-state index in [0.29, 0.717) is 11.3 Å². The maximum atomic E-state index is 12.7. The minimum absolute atomic E-state index is 0.0276. The number of sulfonamides is 1. The maximum absolute atomic E-state index is 12.7. The topological polar surface area (TPSA) is 75.3 Å². The van der Waals surface area contributed by atoms with Gasteiger partial charge in [-0.15, -0.1) is 0 Å². The van der Waals surface area contributed by atoms with Crippen LogP contribution in [0.4, 0.5) is 5.69 Å². The van der Waals surface area contributed by atoms with Gasteiger partial charge in [0, 0.05) is 11.6 Å². The van der Waals surface area contributed by atoms with Crippen molar-refractivity contribution in [3.05, 3.63) is 58.7 Å². The molecule has 0 atom stereocenters. The van der Waals surface area contributed by atoms with E-state index in [0.717, 1.165) is 16.7 Å². The summed E-state index contributed by atoms with van der Waals surface area (Å²) in [5.41, 5.74) is 3.42. The Morgan fingerprint density at radius 3 is 2.24 bits per heavy atom. The molecule has 0 bridgehead atoms. The van der Waals surface area contributed by atoms with Crippen molar-refractivity contribution in [1.29, 1.82) is 0 Å². The smallest absolute Gasteiger partial charge is 0.261 e. The lowest BCUT2D eigenvalue weighted by Gasteiger charge is -2.14. The summed E-state index contributed by atoms with van der Waals surface area (Å²) in [6.07, 6.45) is 0. The summed E-state index contributed by atoms with van der Waals surface area (Å²) in [5, 5.41) is 2.79. The van der Waals surface area contributed by atoms with Gasteiger partial charge in [-0.25, -0.2) is 8.42 Å². The molecule has 2 N–H and O–H groups in total. The highest BCUT2D eigenvalue weighted by molar-refractivity contribution is 7.92. The zero-order chi connectivity index (χ0) is 18.8. The van der Waals surface area contributed by atoms with Gasteiger partial charge in [-0.05, 0) is 69.5 Å². The van der Waals surface area contributed by atoms with Gasteiger partial charge in [-0.3, -0.25) is 9.52 Å². The van der Waals surface area contributed by atoms with Crippen LogP contribution in [0.15, 0.2) is 41.3 Å². The third-order valence-electron chi connectivity index (χ3n) is 3.82. The zero-order valence-corrected chi connectivity index (χ0v) is 16.0. The van der Waals surface area contributed by atoms with Crippen LogP contribution in [0, 0.1) is 20.8 Å². The molecule has 2 aromatic carbocycles. The van der Waals surface area contributed by atoms with Gasteiger partial charge in [0.05, 0.1) is 10.6 Å². The number of rotatable bonds is 5. The Kier molecular flexibility index (Phi) is 5.52. The first kappa shape index (κ1) is 19.0. The van der Waals surface area contributed by atoms with Crippen LogP contribution in [0.25, 0.3) is 0 Å². The van der Waals surface area contributed by atoms with Crippen molar-refractivity contribution in [2.45, 2.75) is 45.6 Å². The number of benzene rings is 2. The van der Waals surface area contributed by atoms with Crippen molar-refractivity contribution in [3.63, 3.8) is 0 Å². The SMILES string of the molecule is Cc1ccc(C)c(NS(=O)(=O)c2ccc(C)c(C(=O)NC(C)C)c2)c1. The van der Waals surface area contributed by atoms with Crippen LogP contribution in [-0.4, -0.2) is 20.4 Å². The summed E-state index contributed by atoms with van der Waals surface area (Å²) in [4.78, 5) is 12.3. The molecule has 0 saturated heterocycles. The van der Waals surface area contributed by atoms with E-state index in [9.17, 15) is 13.2 Å². The van der Waals surface area contributed by atoms with Crippen molar-refractivity contribution >= 4 is 21.6 Å². The third-order valence-corrected chi connectivity index (χ3v) is 5.18. The average molecular weight is 360 g/mol. The first-order valence-electron chi connectivity index (χ1n) is 8.12. The Morgan fingerprint density at radius 1 is 0.960 bits per heavy atom. The molecule has 0 fully saturated rings. The Hall–Kier alpha value is -2.34. The molecule has 0 aliphatic rings. The molecule has 2 aromatic rings. The Bertz CT molecular complexity index is 903. The van der Waals surface area contributed by atoms with E-state index in [4.69, 9.17) is 0 Å². The number of amides is 1. The van der Waals surface area contributed by atoms with Gasteiger partial charge in [0.1, 0.15) is 0 Å². The fraction of sp³-hybridized carbons (Fsp3) is 0.316. The minimum Gasteiger partial charge on any atom is -0.350 e. The summed E-state index contributed by atoms with van der Waals surface area (Å²) in [6.45, 7) is 9.24. The largest absolute Gasteiger partial charge is 0.350 e. The second-order valence-corrected chi connectivity index (χ2v) is 8.21. The molecule has 0 saturated carbocycles. The molecule has 0 aliphatic carbocycles. The van der Waals surface area contributed by atoms with Gasteiger partial charge in [-0.1, -0.05) is 18.2 Å². The van der Waals surface area contributed by atoms with E-state index in [1.807, 2.05) is 39.8 Å².